The van der Waals surface area contributed by atoms with Crippen molar-refractivity contribution in [1.82, 2.24) is 4.31 Å². The largest absolute Gasteiger partial charge is 0.481 e. The van der Waals surface area contributed by atoms with Crippen molar-refractivity contribution in [2.75, 3.05) is 6.54 Å². The molecule has 2 rings (SSSR count). The molecule has 1 aromatic rings. The molecular formula is C11H15NO4S2. The zero-order valence-corrected chi connectivity index (χ0v) is 11.6. The molecule has 0 aromatic carbocycles. The highest BCUT2D eigenvalue weighted by atomic mass is 32.2. The van der Waals surface area contributed by atoms with Crippen LogP contribution in [0.5, 0.6) is 0 Å². The minimum absolute atomic E-state index is 0.278. The number of nitrogens with zero attached hydrogens (tertiary/aromatic N) is 1. The molecule has 0 aliphatic carbocycles. The van der Waals surface area contributed by atoms with E-state index in [9.17, 15) is 13.2 Å². The van der Waals surface area contributed by atoms with Gasteiger partial charge in [0.25, 0.3) is 10.0 Å². The summed E-state index contributed by atoms with van der Waals surface area (Å²) in [7, 11) is -3.55. The average Bonchev–Trinajstić information content (AvgIpc) is 2.82. The molecule has 0 radical (unpaired) electrons. The summed E-state index contributed by atoms with van der Waals surface area (Å²) >= 11 is 1.16. The van der Waals surface area contributed by atoms with E-state index in [1.165, 1.54) is 4.31 Å². The van der Waals surface area contributed by atoms with Gasteiger partial charge in [-0.3, -0.25) is 4.79 Å². The van der Waals surface area contributed by atoms with Gasteiger partial charge in [-0.15, -0.1) is 11.3 Å². The lowest BCUT2D eigenvalue weighted by Gasteiger charge is -2.35. The van der Waals surface area contributed by atoms with E-state index in [2.05, 4.69) is 0 Å². The normalized spacial score (nSPS) is 26.1. The average molecular weight is 289 g/mol. The maximum absolute atomic E-state index is 12.4. The van der Waals surface area contributed by atoms with Crippen LogP contribution in [0.3, 0.4) is 0 Å². The molecule has 1 saturated heterocycles. The highest BCUT2D eigenvalue weighted by molar-refractivity contribution is 7.91. The Hall–Kier alpha value is -0.920. The molecule has 5 nitrogen and oxygen atoms in total. The van der Waals surface area contributed by atoms with Crippen LogP contribution in [0.2, 0.25) is 0 Å². The van der Waals surface area contributed by atoms with E-state index in [4.69, 9.17) is 5.11 Å². The quantitative estimate of drug-likeness (QED) is 0.917. The molecule has 1 N–H and O–H groups in total. The molecule has 100 valence electrons. The predicted molar refractivity (Wildman–Crippen MR) is 68.0 cm³/mol. The van der Waals surface area contributed by atoms with E-state index in [0.29, 0.717) is 19.4 Å². The maximum atomic E-state index is 12.4. The van der Waals surface area contributed by atoms with E-state index in [1.807, 2.05) is 0 Å². The summed E-state index contributed by atoms with van der Waals surface area (Å²) in [5.74, 6) is -1.54. The molecule has 7 heteroatoms. The molecule has 0 amide bonds. The zero-order chi connectivity index (χ0) is 13.3. The Balaban J connectivity index is 2.30. The second-order valence-electron chi connectivity index (χ2n) is 4.38. The molecule has 0 saturated carbocycles. The molecule has 1 aromatic heterocycles. The molecule has 2 heterocycles. The van der Waals surface area contributed by atoms with Crippen molar-refractivity contribution in [2.24, 2.45) is 5.92 Å². The Kier molecular flexibility index (Phi) is 3.74. The van der Waals surface area contributed by atoms with E-state index in [0.717, 1.165) is 11.3 Å². The Bertz CT molecular complexity index is 523. The van der Waals surface area contributed by atoms with Crippen LogP contribution >= 0.6 is 11.3 Å². The molecule has 1 fully saturated rings. The Labute approximate surface area is 110 Å². The van der Waals surface area contributed by atoms with Gasteiger partial charge in [-0.25, -0.2) is 8.42 Å². The van der Waals surface area contributed by atoms with Crippen molar-refractivity contribution in [3.05, 3.63) is 17.5 Å². The fourth-order valence-electron chi connectivity index (χ4n) is 2.31. The molecule has 2 atom stereocenters. The molecule has 1 aliphatic heterocycles. The molecule has 18 heavy (non-hydrogen) atoms. The summed E-state index contributed by atoms with van der Waals surface area (Å²) in [4.78, 5) is 11.1. The number of aliphatic carboxylic acids is 1. The first-order valence-electron chi connectivity index (χ1n) is 5.72. The van der Waals surface area contributed by atoms with Crippen LogP contribution in [0.4, 0.5) is 0 Å². The summed E-state index contributed by atoms with van der Waals surface area (Å²) in [6, 6.07) is 2.74. The minimum atomic E-state index is -3.55. The number of piperidine rings is 1. The summed E-state index contributed by atoms with van der Waals surface area (Å²) in [5, 5.41) is 10.8. The molecular weight excluding hydrogens is 274 g/mol. The molecule has 0 spiro atoms. The van der Waals surface area contributed by atoms with E-state index in [1.54, 1.807) is 24.4 Å². The van der Waals surface area contributed by atoms with Gasteiger partial charge < -0.3 is 5.11 Å². The Morgan fingerprint density at radius 2 is 2.28 bits per heavy atom. The minimum Gasteiger partial charge on any atom is -0.481 e. The van der Waals surface area contributed by atoms with Crippen LogP contribution in [0, 0.1) is 5.92 Å². The van der Waals surface area contributed by atoms with Crippen molar-refractivity contribution in [3.63, 3.8) is 0 Å². The summed E-state index contributed by atoms with van der Waals surface area (Å²) < 4.78 is 26.3. The van der Waals surface area contributed by atoms with Gasteiger partial charge in [0.15, 0.2) is 0 Å². The van der Waals surface area contributed by atoms with Crippen LogP contribution in [0.25, 0.3) is 0 Å². The highest BCUT2D eigenvalue weighted by Gasteiger charge is 2.39. The third-order valence-electron chi connectivity index (χ3n) is 3.31. The topological polar surface area (TPSA) is 74.7 Å². The van der Waals surface area contributed by atoms with Crippen molar-refractivity contribution < 1.29 is 18.3 Å². The van der Waals surface area contributed by atoms with Gasteiger partial charge in [0.05, 0.1) is 5.92 Å². The fraction of sp³-hybridized carbons (Fsp3) is 0.545. The van der Waals surface area contributed by atoms with Crippen molar-refractivity contribution in [2.45, 2.75) is 30.0 Å². The van der Waals surface area contributed by atoms with Gasteiger partial charge in [0.2, 0.25) is 0 Å². The first-order chi connectivity index (χ1) is 8.44. The van der Waals surface area contributed by atoms with Crippen LogP contribution < -0.4 is 0 Å². The second kappa shape index (κ2) is 4.99. The molecule has 0 bridgehead atoms. The van der Waals surface area contributed by atoms with Crippen LogP contribution in [0.1, 0.15) is 19.8 Å². The predicted octanol–water partition coefficient (Wildman–Crippen LogP) is 1.62. The summed E-state index contributed by atoms with van der Waals surface area (Å²) in [6.45, 7) is 2.06. The third kappa shape index (κ3) is 2.30. The third-order valence-corrected chi connectivity index (χ3v) is 6.66. The van der Waals surface area contributed by atoms with Gasteiger partial charge in [0, 0.05) is 12.6 Å². The number of rotatable bonds is 3. The maximum Gasteiger partial charge on any atom is 0.308 e. The summed E-state index contributed by atoms with van der Waals surface area (Å²) in [5.41, 5.74) is 0. The number of carboxylic acids is 1. The summed E-state index contributed by atoms with van der Waals surface area (Å²) in [6.07, 6.45) is 1.12. The van der Waals surface area contributed by atoms with E-state index in [-0.39, 0.29) is 4.21 Å². The highest BCUT2D eigenvalue weighted by Crippen LogP contribution is 2.30. The van der Waals surface area contributed by atoms with Crippen molar-refractivity contribution in [3.8, 4) is 0 Å². The number of hydrogen-bond acceptors (Lipinski definition) is 4. The Morgan fingerprint density at radius 1 is 1.56 bits per heavy atom. The lowest BCUT2D eigenvalue weighted by Crippen LogP contribution is -2.48. The fourth-order valence-corrected chi connectivity index (χ4v) is 5.13. The monoisotopic (exact) mass is 289 g/mol. The first kappa shape index (κ1) is 13.5. The van der Waals surface area contributed by atoms with Gasteiger partial charge in [-0.05, 0) is 31.2 Å². The Morgan fingerprint density at radius 3 is 2.83 bits per heavy atom. The smallest absolute Gasteiger partial charge is 0.308 e. The number of hydrogen-bond donors (Lipinski definition) is 1. The van der Waals surface area contributed by atoms with Gasteiger partial charge >= 0.3 is 5.97 Å². The van der Waals surface area contributed by atoms with Crippen molar-refractivity contribution >= 4 is 27.3 Å². The lowest BCUT2D eigenvalue weighted by atomic mass is 9.92. The van der Waals surface area contributed by atoms with Crippen LogP contribution in [0.15, 0.2) is 21.7 Å². The number of carbonyl (C=O) groups is 1. The van der Waals surface area contributed by atoms with E-state index >= 15 is 0 Å². The lowest BCUT2D eigenvalue weighted by molar-refractivity contribution is -0.144. The standard InChI is InChI=1S/C11H15NO4S2/c1-8-9(11(13)14)4-2-6-12(8)18(15,16)10-5-3-7-17-10/h3,5,7-9H,2,4,6H2,1H3,(H,13,14)/t8-,9-/m1/s1. The molecule has 0 unspecified atom stereocenters. The van der Waals surface area contributed by atoms with Gasteiger partial charge in [0.1, 0.15) is 4.21 Å². The van der Waals surface area contributed by atoms with Gasteiger partial charge in [-0.2, -0.15) is 4.31 Å². The zero-order valence-electron chi connectivity index (χ0n) is 9.94. The van der Waals surface area contributed by atoms with Crippen LogP contribution in [-0.4, -0.2) is 36.4 Å². The molecule has 1 aliphatic rings. The number of sulfonamides is 1. The number of thiophene rings is 1. The van der Waals surface area contributed by atoms with Crippen LogP contribution in [-0.2, 0) is 14.8 Å². The van der Waals surface area contributed by atoms with Gasteiger partial charge in [-0.1, -0.05) is 6.07 Å². The number of carboxylic acid groups (broad SMARTS) is 1. The van der Waals surface area contributed by atoms with Crippen molar-refractivity contribution in [1.29, 1.82) is 0 Å². The van der Waals surface area contributed by atoms with E-state index < -0.39 is 28.0 Å². The first-order valence-corrected chi connectivity index (χ1v) is 8.04. The SMILES string of the molecule is C[C@@H]1[C@H](C(=O)O)CCCN1S(=O)(=O)c1cccs1. The second-order valence-corrected chi connectivity index (χ2v) is 7.44.